The molecule has 0 saturated carbocycles. The molecule has 1 aromatic heterocycles. The molecule has 3 rings (SSSR count). The third-order valence-corrected chi connectivity index (χ3v) is 4.63. The minimum absolute atomic E-state index is 0.0825. The van der Waals surface area contributed by atoms with Gasteiger partial charge < -0.3 is 10.2 Å². The van der Waals surface area contributed by atoms with Crippen LogP contribution in [0.5, 0.6) is 0 Å². The molecule has 25 heavy (non-hydrogen) atoms. The Labute approximate surface area is 148 Å². The van der Waals surface area contributed by atoms with Crippen molar-refractivity contribution >= 4 is 17.5 Å². The molecule has 2 heterocycles. The van der Waals surface area contributed by atoms with Gasteiger partial charge in [0, 0.05) is 30.0 Å². The lowest BCUT2D eigenvalue weighted by Crippen LogP contribution is -2.43. The van der Waals surface area contributed by atoms with Crippen LogP contribution in [-0.4, -0.2) is 34.3 Å². The molecule has 1 saturated heterocycles. The first kappa shape index (κ1) is 17.1. The Hall–Kier alpha value is -2.69. The maximum absolute atomic E-state index is 12.8. The zero-order valence-corrected chi connectivity index (χ0v) is 14.4. The highest BCUT2D eigenvalue weighted by Crippen LogP contribution is 2.21. The Morgan fingerprint density at radius 2 is 2.00 bits per heavy atom. The Kier molecular flexibility index (Phi) is 5.43. The average Bonchev–Trinajstić information content (AvgIpc) is 2.68. The summed E-state index contributed by atoms with van der Waals surface area (Å²) in [6, 6.07) is 12.7. The number of carbonyl (C=O) groups is 2. The molecule has 5 heteroatoms. The summed E-state index contributed by atoms with van der Waals surface area (Å²) in [5.41, 5.74) is 1.49. The molecule has 0 bridgehead atoms. The molecule has 0 aliphatic carbocycles. The van der Waals surface area contributed by atoms with Gasteiger partial charge in [0.1, 0.15) is 5.69 Å². The van der Waals surface area contributed by atoms with Crippen molar-refractivity contribution in [2.24, 2.45) is 0 Å². The number of hydrogen-bond donors (Lipinski definition) is 1. The van der Waals surface area contributed by atoms with Crippen molar-refractivity contribution < 1.29 is 9.59 Å². The molecule has 1 aromatic carbocycles. The predicted octanol–water partition coefficient (Wildman–Crippen LogP) is 3.74. The Bertz CT molecular complexity index is 746. The quantitative estimate of drug-likeness (QED) is 0.924. The Morgan fingerprint density at radius 1 is 1.20 bits per heavy atom. The summed E-state index contributed by atoms with van der Waals surface area (Å²) in [5, 5.41) is 2.83. The van der Waals surface area contributed by atoms with Gasteiger partial charge in [-0.15, -0.1) is 0 Å². The van der Waals surface area contributed by atoms with E-state index in [1.807, 2.05) is 35.2 Å². The summed E-state index contributed by atoms with van der Waals surface area (Å²) in [5.74, 6) is -0.325. The van der Waals surface area contributed by atoms with Crippen LogP contribution in [0.15, 0.2) is 48.7 Å². The van der Waals surface area contributed by atoms with Crippen LogP contribution in [0.1, 0.15) is 53.5 Å². The third kappa shape index (κ3) is 4.05. The van der Waals surface area contributed by atoms with E-state index in [2.05, 4.69) is 17.2 Å². The van der Waals surface area contributed by atoms with E-state index in [-0.39, 0.29) is 17.9 Å². The van der Waals surface area contributed by atoms with Crippen molar-refractivity contribution in [2.75, 3.05) is 11.9 Å². The summed E-state index contributed by atoms with van der Waals surface area (Å²) in [4.78, 5) is 31.4. The lowest BCUT2D eigenvalue weighted by atomic mass is 9.99. The van der Waals surface area contributed by atoms with Crippen molar-refractivity contribution in [2.45, 2.75) is 38.6 Å². The molecule has 1 atom stereocenters. The number of likely N-dealkylation sites (tertiary alicyclic amines) is 1. The minimum atomic E-state index is -0.242. The standard InChI is InChI=1S/C20H23N3O2/c1-2-17-10-6-7-13-23(17)20(25)18-14-15(11-12-21-18)19(24)22-16-8-4-3-5-9-16/h3-5,8-9,11-12,14,17H,2,6-7,10,13H2,1H3,(H,22,24). The molecule has 1 N–H and O–H groups in total. The molecular formula is C20H23N3O2. The number of hydrogen-bond acceptors (Lipinski definition) is 3. The molecule has 1 aliphatic heterocycles. The van der Waals surface area contributed by atoms with Gasteiger partial charge in [-0.1, -0.05) is 25.1 Å². The van der Waals surface area contributed by atoms with Crippen molar-refractivity contribution in [1.29, 1.82) is 0 Å². The lowest BCUT2D eigenvalue weighted by Gasteiger charge is -2.35. The molecule has 1 aliphatic rings. The topological polar surface area (TPSA) is 62.3 Å². The van der Waals surface area contributed by atoms with E-state index < -0.39 is 0 Å². The number of anilines is 1. The van der Waals surface area contributed by atoms with E-state index in [0.29, 0.717) is 11.3 Å². The number of pyridine rings is 1. The zero-order chi connectivity index (χ0) is 17.6. The van der Waals surface area contributed by atoms with E-state index in [9.17, 15) is 9.59 Å². The summed E-state index contributed by atoms with van der Waals surface area (Å²) < 4.78 is 0. The van der Waals surface area contributed by atoms with E-state index in [1.165, 1.54) is 6.20 Å². The Morgan fingerprint density at radius 3 is 2.76 bits per heavy atom. The van der Waals surface area contributed by atoms with Gasteiger partial charge in [-0.05, 0) is 49.9 Å². The van der Waals surface area contributed by atoms with E-state index in [0.717, 1.165) is 37.9 Å². The largest absolute Gasteiger partial charge is 0.334 e. The smallest absolute Gasteiger partial charge is 0.272 e. The van der Waals surface area contributed by atoms with Gasteiger partial charge in [0.15, 0.2) is 0 Å². The number of amides is 2. The second-order valence-electron chi connectivity index (χ2n) is 6.31. The maximum Gasteiger partial charge on any atom is 0.272 e. The number of piperidine rings is 1. The minimum Gasteiger partial charge on any atom is -0.334 e. The van der Waals surface area contributed by atoms with E-state index >= 15 is 0 Å². The summed E-state index contributed by atoms with van der Waals surface area (Å²) in [6.45, 7) is 2.87. The number of benzene rings is 1. The van der Waals surface area contributed by atoms with Gasteiger partial charge in [0.2, 0.25) is 0 Å². The maximum atomic E-state index is 12.8. The average molecular weight is 337 g/mol. The first-order valence-corrected chi connectivity index (χ1v) is 8.82. The first-order valence-electron chi connectivity index (χ1n) is 8.82. The summed E-state index contributed by atoms with van der Waals surface area (Å²) >= 11 is 0. The van der Waals surface area contributed by atoms with Gasteiger partial charge in [-0.3, -0.25) is 14.6 Å². The highest BCUT2D eigenvalue weighted by atomic mass is 16.2. The fourth-order valence-corrected chi connectivity index (χ4v) is 3.25. The number of nitrogens with zero attached hydrogens (tertiary/aromatic N) is 2. The van der Waals surface area contributed by atoms with Crippen LogP contribution in [0.25, 0.3) is 0 Å². The van der Waals surface area contributed by atoms with Gasteiger partial charge in [-0.2, -0.15) is 0 Å². The van der Waals surface area contributed by atoms with Gasteiger partial charge in [-0.25, -0.2) is 0 Å². The molecule has 1 unspecified atom stereocenters. The summed E-state index contributed by atoms with van der Waals surface area (Å²) in [7, 11) is 0. The van der Waals surface area contributed by atoms with Crippen LogP contribution >= 0.6 is 0 Å². The second kappa shape index (κ2) is 7.92. The van der Waals surface area contributed by atoms with Gasteiger partial charge >= 0.3 is 0 Å². The number of rotatable bonds is 4. The number of aromatic nitrogens is 1. The SMILES string of the molecule is CCC1CCCCN1C(=O)c1cc(C(=O)Nc2ccccc2)ccn1. The van der Waals surface area contributed by atoms with Crippen LogP contribution in [0.3, 0.4) is 0 Å². The van der Waals surface area contributed by atoms with Crippen LogP contribution in [0.4, 0.5) is 5.69 Å². The fourth-order valence-electron chi connectivity index (χ4n) is 3.25. The number of para-hydroxylation sites is 1. The molecule has 2 aromatic rings. The van der Waals surface area contributed by atoms with E-state index in [1.54, 1.807) is 12.1 Å². The molecule has 2 amide bonds. The monoisotopic (exact) mass is 337 g/mol. The highest BCUT2D eigenvalue weighted by molar-refractivity contribution is 6.05. The normalized spacial score (nSPS) is 17.2. The molecule has 5 nitrogen and oxygen atoms in total. The molecule has 0 spiro atoms. The second-order valence-corrected chi connectivity index (χ2v) is 6.31. The van der Waals surface area contributed by atoms with Crippen LogP contribution in [0, 0.1) is 0 Å². The fraction of sp³-hybridized carbons (Fsp3) is 0.350. The van der Waals surface area contributed by atoms with Crippen LogP contribution in [0.2, 0.25) is 0 Å². The number of nitrogens with one attached hydrogen (secondary N) is 1. The molecule has 130 valence electrons. The zero-order valence-electron chi connectivity index (χ0n) is 14.4. The van der Waals surface area contributed by atoms with Crippen molar-refractivity contribution in [1.82, 2.24) is 9.88 Å². The van der Waals surface area contributed by atoms with Crippen LogP contribution < -0.4 is 5.32 Å². The van der Waals surface area contributed by atoms with Gasteiger partial charge in [0.25, 0.3) is 11.8 Å². The molecular weight excluding hydrogens is 314 g/mol. The third-order valence-electron chi connectivity index (χ3n) is 4.63. The lowest BCUT2D eigenvalue weighted by molar-refractivity contribution is 0.0602. The van der Waals surface area contributed by atoms with Crippen molar-refractivity contribution in [3.8, 4) is 0 Å². The molecule has 1 fully saturated rings. The van der Waals surface area contributed by atoms with E-state index in [4.69, 9.17) is 0 Å². The summed E-state index contributed by atoms with van der Waals surface area (Å²) in [6.07, 6.45) is 5.69. The van der Waals surface area contributed by atoms with Crippen molar-refractivity contribution in [3.05, 3.63) is 59.9 Å². The van der Waals surface area contributed by atoms with Crippen LogP contribution in [-0.2, 0) is 0 Å². The highest BCUT2D eigenvalue weighted by Gasteiger charge is 2.27. The first-order chi connectivity index (χ1) is 12.2. The van der Waals surface area contributed by atoms with Crippen molar-refractivity contribution in [3.63, 3.8) is 0 Å². The Balaban J connectivity index is 1.76. The number of carbonyl (C=O) groups excluding carboxylic acids is 2. The predicted molar refractivity (Wildman–Crippen MR) is 97.6 cm³/mol. The van der Waals surface area contributed by atoms with Gasteiger partial charge in [0.05, 0.1) is 0 Å². The molecule has 0 radical (unpaired) electrons.